The van der Waals surface area contributed by atoms with Crippen molar-refractivity contribution < 1.29 is 26.7 Å². The number of carbonyl (C=O) groups excluding carboxylic acids is 1. The number of rotatable bonds is 7. The fourth-order valence-corrected chi connectivity index (χ4v) is 7.01. The molecule has 2 aliphatic rings. The molecule has 2 aliphatic heterocycles. The van der Waals surface area contributed by atoms with Gasteiger partial charge in [0.1, 0.15) is 12.4 Å². The van der Waals surface area contributed by atoms with Crippen LogP contribution in [0.4, 0.5) is 20.2 Å². The van der Waals surface area contributed by atoms with Crippen LogP contribution in [-0.2, 0) is 15.3 Å². The predicted molar refractivity (Wildman–Crippen MR) is 124 cm³/mol. The third-order valence-corrected chi connectivity index (χ3v) is 8.67. The Balaban J connectivity index is 1.63. The number of Topliss-reactive ketones (excluding diaryl/α,β-unsaturated/α-hetero) is 1. The standard InChI is InChI=1S/C25H27F2NO4S/c1-16-24(2,3)20-10-17(22(29)12-25(4)14-33(30,31)15-25)8-9-21(20)28(16)18-6-5-7-19(11-18)32-13-23(26)27/h5-11,23H,1,12-15H2,2-4H3. The molecule has 0 N–H and O–H groups in total. The maximum atomic E-state index is 13.0. The summed E-state index contributed by atoms with van der Waals surface area (Å²) in [5.41, 5.74) is 2.83. The van der Waals surface area contributed by atoms with Crippen LogP contribution in [-0.4, -0.2) is 38.7 Å². The minimum absolute atomic E-state index is 0.0384. The second kappa shape index (κ2) is 7.94. The molecule has 33 heavy (non-hydrogen) atoms. The fourth-order valence-electron chi connectivity index (χ4n) is 4.76. The Morgan fingerprint density at radius 3 is 2.48 bits per heavy atom. The van der Waals surface area contributed by atoms with E-state index in [9.17, 15) is 22.0 Å². The van der Waals surface area contributed by atoms with Gasteiger partial charge in [-0.25, -0.2) is 17.2 Å². The Hall–Kier alpha value is -2.74. The Kier molecular flexibility index (Phi) is 5.63. The summed E-state index contributed by atoms with van der Waals surface area (Å²) in [6.45, 7) is 9.44. The highest BCUT2D eigenvalue weighted by Gasteiger charge is 2.46. The van der Waals surface area contributed by atoms with E-state index in [1.807, 2.05) is 43.9 Å². The highest BCUT2D eigenvalue weighted by Crippen LogP contribution is 2.51. The molecule has 8 heteroatoms. The highest BCUT2D eigenvalue weighted by molar-refractivity contribution is 7.92. The summed E-state index contributed by atoms with van der Waals surface area (Å²) in [6.07, 6.45) is -2.38. The summed E-state index contributed by atoms with van der Waals surface area (Å²) in [6, 6.07) is 12.4. The van der Waals surface area contributed by atoms with Gasteiger partial charge in [0, 0.05) is 46.0 Å². The Bertz CT molecular complexity index is 1220. The number of ketones is 1. The molecular weight excluding hydrogens is 448 g/mol. The van der Waals surface area contributed by atoms with Gasteiger partial charge in [0.25, 0.3) is 6.43 Å². The average Bonchev–Trinajstić information content (AvgIpc) is 2.90. The quantitative estimate of drug-likeness (QED) is 0.510. The summed E-state index contributed by atoms with van der Waals surface area (Å²) < 4.78 is 53.5. The first-order valence-electron chi connectivity index (χ1n) is 10.7. The van der Waals surface area contributed by atoms with E-state index >= 15 is 0 Å². The number of alkyl halides is 2. The van der Waals surface area contributed by atoms with Gasteiger partial charge in [-0.3, -0.25) is 4.79 Å². The van der Waals surface area contributed by atoms with Crippen molar-refractivity contribution in [2.24, 2.45) is 5.41 Å². The number of halogens is 2. The van der Waals surface area contributed by atoms with E-state index in [1.165, 1.54) is 0 Å². The van der Waals surface area contributed by atoms with E-state index < -0.39 is 33.7 Å². The number of anilines is 2. The minimum Gasteiger partial charge on any atom is -0.488 e. The maximum Gasteiger partial charge on any atom is 0.272 e. The molecule has 0 unspecified atom stereocenters. The molecule has 0 aliphatic carbocycles. The van der Waals surface area contributed by atoms with Crippen LogP contribution in [0.3, 0.4) is 0 Å². The van der Waals surface area contributed by atoms with Gasteiger partial charge >= 0.3 is 0 Å². The zero-order valence-corrected chi connectivity index (χ0v) is 19.7. The molecule has 176 valence electrons. The monoisotopic (exact) mass is 475 g/mol. The van der Waals surface area contributed by atoms with Gasteiger partial charge < -0.3 is 9.64 Å². The van der Waals surface area contributed by atoms with Crippen molar-refractivity contribution in [1.29, 1.82) is 0 Å². The van der Waals surface area contributed by atoms with Gasteiger partial charge in [-0.1, -0.05) is 33.4 Å². The number of ether oxygens (including phenoxy) is 1. The van der Waals surface area contributed by atoms with Crippen LogP contribution in [0.15, 0.2) is 54.7 Å². The molecule has 0 bridgehead atoms. The van der Waals surface area contributed by atoms with Crippen LogP contribution < -0.4 is 9.64 Å². The second-order valence-electron chi connectivity index (χ2n) is 9.78. The molecule has 1 saturated heterocycles. The zero-order chi connectivity index (χ0) is 24.2. The predicted octanol–water partition coefficient (Wildman–Crippen LogP) is 5.28. The van der Waals surface area contributed by atoms with E-state index in [-0.39, 0.29) is 23.7 Å². The van der Waals surface area contributed by atoms with Gasteiger partial charge in [0.2, 0.25) is 0 Å². The normalized spacial score (nSPS) is 19.8. The molecule has 0 amide bonds. The summed E-state index contributed by atoms with van der Waals surface area (Å²) in [5.74, 6) is 0.327. The fraction of sp³-hybridized carbons (Fsp3) is 0.400. The second-order valence-corrected chi connectivity index (χ2v) is 11.8. The molecule has 0 saturated carbocycles. The third-order valence-electron chi connectivity index (χ3n) is 6.40. The van der Waals surface area contributed by atoms with Crippen LogP contribution >= 0.6 is 0 Å². The molecule has 4 rings (SSSR count). The van der Waals surface area contributed by atoms with Crippen molar-refractivity contribution in [3.8, 4) is 5.75 Å². The number of hydrogen-bond donors (Lipinski definition) is 0. The van der Waals surface area contributed by atoms with Gasteiger partial charge in [-0.15, -0.1) is 0 Å². The lowest BCUT2D eigenvalue weighted by molar-refractivity contribution is 0.0819. The first kappa shape index (κ1) is 23.4. The zero-order valence-electron chi connectivity index (χ0n) is 18.9. The van der Waals surface area contributed by atoms with Crippen molar-refractivity contribution in [1.82, 2.24) is 0 Å². The van der Waals surface area contributed by atoms with Gasteiger partial charge in [-0.2, -0.15) is 0 Å². The molecular formula is C25H27F2NO4S. The number of sulfone groups is 1. The van der Waals surface area contributed by atoms with Crippen LogP contribution in [0, 0.1) is 5.41 Å². The SMILES string of the molecule is C=C1N(c2cccc(OCC(F)F)c2)c2ccc(C(=O)CC3(C)CS(=O)(=O)C3)cc2C1(C)C. The Morgan fingerprint density at radius 2 is 1.85 bits per heavy atom. The Labute approximate surface area is 193 Å². The molecule has 0 radical (unpaired) electrons. The maximum absolute atomic E-state index is 13.0. The number of carbonyl (C=O) groups is 1. The van der Waals surface area contributed by atoms with E-state index in [4.69, 9.17) is 4.74 Å². The minimum atomic E-state index is -3.03. The molecule has 1 fully saturated rings. The largest absolute Gasteiger partial charge is 0.488 e. The van der Waals surface area contributed by atoms with Gasteiger partial charge in [-0.05, 0) is 35.9 Å². The van der Waals surface area contributed by atoms with Crippen molar-refractivity contribution in [2.45, 2.75) is 39.0 Å². The van der Waals surface area contributed by atoms with Crippen LogP contribution in [0.5, 0.6) is 5.75 Å². The van der Waals surface area contributed by atoms with Crippen molar-refractivity contribution in [2.75, 3.05) is 23.0 Å². The highest BCUT2D eigenvalue weighted by atomic mass is 32.2. The van der Waals surface area contributed by atoms with Crippen molar-refractivity contribution in [3.05, 3.63) is 65.9 Å². The molecule has 0 spiro atoms. The first-order valence-corrected chi connectivity index (χ1v) is 12.5. The lowest BCUT2D eigenvalue weighted by Gasteiger charge is -2.37. The first-order chi connectivity index (χ1) is 15.3. The molecule has 2 aromatic carbocycles. The molecule has 0 aromatic heterocycles. The molecule has 2 aromatic rings. The van der Waals surface area contributed by atoms with E-state index in [0.717, 1.165) is 22.6 Å². The van der Waals surface area contributed by atoms with Crippen LogP contribution in [0.25, 0.3) is 0 Å². The number of hydrogen-bond acceptors (Lipinski definition) is 5. The van der Waals surface area contributed by atoms with Crippen LogP contribution in [0.2, 0.25) is 0 Å². The topological polar surface area (TPSA) is 63.7 Å². The molecule has 2 heterocycles. The number of allylic oxidation sites excluding steroid dienone is 1. The third kappa shape index (κ3) is 4.40. The van der Waals surface area contributed by atoms with E-state index in [1.54, 1.807) is 24.3 Å². The smallest absolute Gasteiger partial charge is 0.272 e. The molecule has 0 atom stereocenters. The number of fused-ring (bicyclic) bond motifs is 1. The lowest BCUT2D eigenvalue weighted by atomic mass is 9.82. The summed E-state index contributed by atoms with van der Waals surface area (Å²) in [5, 5.41) is 0. The summed E-state index contributed by atoms with van der Waals surface area (Å²) >= 11 is 0. The number of nitrogens with zero attached hydrogens (tertiary/aromatic N) is 1. The van der Waals surface area contributed by atoms with Crippen LogP contribution in [0.1, 0.15) is 43.1 Å². The van der Waals surface area contributed by atoms with E-state index in [2.05, 4.69) is 6.58 Å². The van der Waals surface area contributed by atoms with Crippen molar-refractivity contribution >= 4 is 27.0 Å². The Morgan fingerprint density at radius 1 is 1.15 bits per heavy atom. The van der Waals surface area contributed by atoms with Gasteiger partial charge in [0.05, 0.1) is 11.5 Å². The number of benzene rings is 2. The summed E-state index contributed by atoms with van der Waals surface area (Å²) in [7, 11) is -3.03. The lowest BCUT2D eigenvalue weighted by Crippen LogP contribution is -2.47. The van der Waals surface area contributed by atoms with Crippen molar-refractivity contribution in [3.63, 3.8) is 0 Å². The van der Waals surface area contributed by atoms with E-state index in [0.29, 0.717) is 11.3 Å². The summed E-state index contributed by atoms with van der Waals surface area (Å²) in [4.78, 5) is 14.9. The van der Waals surface area contributed by atoms with Gasteiger partial charge in [0.15, 0.2) is 15.6 Å². The molecule has 5 nitrogen and oxygen atoms in total. The average molecular weight is 476 g/mol.